The van der Waals surface area contributed by atoms with Crippen molar-refractivity contribution >= 4 is 0 Å². The van der Waals surface area contributed by atoms with Gasteiger partial charge in [-0.1, -0.05) is 83.1 Å². The Labute approximate surface area is 149 Å². The second-order valence-corrected chi connectivity index (χ2v) is 6.01. The first-order chi connectivity index (χ1) is 11.7. The SMILES string of the molecule is CC.CC.Cc1cccc2c1CCN(CC(C)c1ccccc1)C2. The van der Waals surface area contributed by atoms with Crippen LogP contribution in [0, 0.1) is 6.92 Å². The molecule has 0 radical (unpaired) electrons. The van der Waals surface area contributed by atoms with Crippen molar-refractivity contribution in [1.29, 1.82) is 0 Å². The van der Waals surface area contributed by atoms with E-state index >= 15 is 0 Å². The summed E-state index contributed by atoms with van der Waals surface area (Å²) in [7, 11) is 0. The monoisotopic (exact) mass is 325 g/mol. The molecule has 2 aromatic rings. The summed E-state index contributed by atoms with van der Waals surface area (Å²) in [5, 5.41) is 0. The number of nitrogens with zero attached hydrogens (tertiary/aromatic N) is 1. The first kappa shape index (κ1) is 20.4. The highest BCUT2D eigenvalue weighted by Crippen LogP contribution is 2.24. The number of hydrogen-bond acceptors (Lipinski definition) is 1. The zero-order valence-corrected chi connectivity index (χ0v) is 16.5. The van der Waals surface area contributed by atoms with Crippen LogP contribution in [0.5, 0.6) is 0 Å². The molecule has 24 heavy (non-hydrogen) atoms. The van der Waals surface area contributed by atoms with E-state index in [2.05, 4.69) is 67.3 Å². The minimum Gasteiger partial charge on any atom is -0.298 e. The quantitative estimate of drug-likeness (QED) is 0.648. The van der Waals surface area contributed by atoms with E-state index in [1.165, 1.54) is 29.7 Å². The highest BCUT2D eigenvalue weighted by atomic mass is 15.1. The van der Waals surface area contributed by atoms with Crippen LogP contribution in [-0.2, 0) is 13.0 Å². The molecule has 0 aromatic heterocycles. The lowest BCUT2D eigenvalue weighted by molar-refractivity contribution is 0.241. The summed E-state index contributed by atoms with van der Waals surface area (Å²) in [6.07, 6.45) is 1.20. The molecule has 3 rings (SSSR count). The van der Waals surface area contributed by atoms with Crippen molar-refractivity contribution < 1.29 is 0 Å². The second-order valence-electron chi connectivity index (χ2n) is 6.01. The average Bonchev–Trinajstić information content (AvgIpc) is 2.66. The minimum absolute atomic E-state index is 0.600. The maximum Gasteiger partial charge on any atom is 0.0236 e. The molecule has 1 atom stereocenters. The van der Waals surface area contributed by atoms with Crippen LogP contribution in [0.15, 0.2) is 48.5 Å². The summed E-state index contributed by atoms with van der Waals surface area (Å²) in [5.74, 6) is 0.600. The van der Waals surface area contributed by atoms with Gasteiger partial charge in [0.15, 0.2) is 0 Å². The molecule has 0 amide bonds. The molecule has 0 bridgehead atoms. The van der Waals surface area contributed by atoms with Crippen LogP contribution in [0.1, 0.15) is 62.8 Å². The van der Waals surface area contributed by atoms with Crippen molar-refractivity contribution in [2.45, 2.75) is 60.4 Å². The zero-order chi connectivity index (χ0) is 17.9. The lowest BCUT2D eigenvalue weighted by Gasteiger charge is -2.31. The molecule has 0 spiro atoms. The molecular formula is C23H35N. The molecule has 0 fully saturated rings. The predicted octanol–water partition coefficient (Wildman–Crippen LogP) is 6.21. The third-order valence-electron chi connectivity index (χ3n) is 4.48. The van der Waals surface area contributed by atoms with Gasteiger partial charge in [0.1, 0.15) is 0 Å². The zero-order valence-electron chi connectivity index (χ0n) is 16.5. The number of fused-ring (bicyclic) bond motifs is 1. The molecule has 0 aliphatic carbocycles. The molecule has 1 heterocycles. The second kappa shape index (κ2) is 11.0. The molecule has 1 heteroatoms. The molecule has 0 saturated carbocycles. The van der Waals surface area contributed by atoms with Crippen LogP contribution in [0.2, 0.25) is 0 Å². The Bertz CT molecular complexity index is 574. The van der Waals surface area contributed by atoms with Gasteiger partial charge in [-0.2, -0.15) is 0 Å². The summed E-state index contributed by atoms with van der Waals surface area (Å²) in [6.45, 7) is 16.0. The first-order valence-electron chi connectivity index (χ1n) is 9.58. The third-order valence-corrected chi connectivity index (χ3v) is 4.48. The Hall–Kier alpha value is -1.60. The molecule has 1 unspecified atom stereocenters. The van der Waals surface area contributed by atoms with Crippen molar-refractivity contribution in [2.24, 2.45) is 0 Å². The van der Waals surface area contributed by atoms with Gasteiger partial charge >= 0.3 is 0 Å². The van der Waals surface area contributed by atoms with Gasteiger partial charge in [-0.3, -0.25) is 4.90 Å². The Morgan fingerprint density at radius 2 is 1.58 bits per heavy atom. The smallest absolute Gasteiger partial charge is 0.0236 e. The van der Waals surface area contributed by atoms with Crippen LogP contribution in [-0.4, -0.2) is 18.0 Å². The standard InChI is InChI=1S/C19H23N.2C2H6/c1-15-7-6-10-18-14-20(12-11-19(15)18)13-16(2)17-8-4-3-5-9-17;2*1-2/h3-10,16H,11-14H2,1-2H3;2*1-2H3. The summed E-state index contributed by atoms with van der Waals surface area (Å²) >= 11 is 0. The fourth-order valence-corrected chi connectivity index (χ4v) is 3.29. The fourth-order valence-electron chi connectivity index (χ4n) is 3.29. The lowest BCUT2D eigenvalue weighted by atomic mass is 9.94. The van der Waals surface area contributed by atoms with E-state index < -0.39 is 0 Å². The van der Waals surface area contributed by atoms with Gasteiger partial charge in [0, 0.05) is 19.6 Å². The van der Waals surface area contributed by atoms with E-state index in [-0.39, 0.29) is 0 Å². The third kappa shape index (κ3) is 5.49. The summed E-state index contributed by atoms with van der Waals surface area (Å²) < 4.78 is 0. The Morgan fingerprint density at radius 3 is 2.25 bits per heavy atom. The number of hydrogen-bond donors (Lipinski definition) is 0. The van der Waals surface area contributed by atoms with E-state index in [0.717, 1.165) is 13.1 Å². The molecular weight excluding hydrogens is 290 g/mol. The van der Waals surface area contributed by atoms with E-state index in [9.17, 15) is 0 Å². The van der Waals surface area contributed by atoms with Gasteiger partial charge in [-0.05, 0) is 41.5 Å². The van der Waals surface area contributed by atoms with Crippen LogP contribution in [0.3, 0.4) is 0 Å². The van der Waals surface area contributed by atoms with Crippen LogP contribution in [0.4, 0.5) is 0 Å². The van der Waals surface area contributed by atoms with Crippen molar-refractivity contribution in [3.05, 3.63) is 70.8 Å². The van der Waals surface area contributed by atoms with Crippen LogP contribution >= 0.6 is 0 Å². The average molecular weight is 326 g/mol. The molecule has 2 aromatic carbocycles. The number of benzene rings is 2. The van der Waals surface area contributed by atoms with Gasteiger partial charge in [0.05, 0.1) is 0 Å². The normalized spacial score (nSPS) is 14.4. The van der Waals surface area contributed by atoms with E-state index in [1.54, 1.807) is 5.56 Å². The Balaban J connectivity index is 0.000000671. The summed E-state index contributed by atoms with van der Waals surface area (Å²) in [4.78, 5) is 2.60. The maximum atomic E-state index is 2.60. The molecule has 1 aliphatic rings. The van der Waals surface area contributed by atoms with E-state index in [0.29, 0.717) is 5.92 Å². The van der Waals surface area contributed by atoms with E-state index in [1.807, 2.05) is 27.7 Å². The van der Waals surface area contributed by atoms with Crippen molar-refractivity contribution in [1.82, 2.24) is 4.90 Å². The Kier molecular flexibility index (Phi) is 9.41. The first-order valence-corrected chi connectivity index (χ1v) is 9.58. The van der Waals surface area contributed by atoms with Crippen molar-refractivity contribution in [3.63, 3.8) is 0 Å². The van der Waals surface area contributed by atoms with Gasteiger partial charge < -0.3 is 0 Å². The summed E-state index contributed by atoms with van der Waals surface area (Å²) in [5.41, 5.74) is 6.01. The number of aryl methyl sites for hydroxylation is 1. The van der Waals surface area contributed by atoms with Gasteiger partial charge in [-0.25, -0.2) is 0 Å². The minimum atomic E-state index is 0.600. The van der Waals surface area contributed by atoms with Gasteiger partial charge in [0.2, 0.25) is 0 Å². The highest BCUT2D eigenvalue weighted by Gasteiger charge is 2.19. The van der Waals surface area contributed by atoms with E-state index in [4.69, 9.17) is 0 Å². The van der Waals surface area contributed by atoms with Gasteiger partial charge in [0.25, 0.3) is 0 Å². The largest absolute Gasteiger partial charge is 0.298 e. The Morgan fingerprint density at radius 1 is 0.917 bits per heavy atom. The van der Waals surface area contributed by atoms with Crippen molar-refractivity contribution in [3.8, 4) is 0 Å². The van der Waals surface area contributed by atoms with Crippen LogP contribution in [0.25, 0.3) is 0 Å². The summed E-state index contributed by atoms with van der Waals surface area (Å²) in [6, 6.07) is 17.6. The lowest BCUT2D eigenvalue weighted by Crippen LogP contribution is -2.33. The predicted molar refractivity (Wildman–Crippen MR) is 108 cm³/mol. The maximum absolute atomic E-state index is 2.60. The molecule has 132 valence electrons. The van der Waals surface area contributed by atoms with Crippen LogP contribution < -0.4 is 0 Å². The topological polar surface area (TPSA) is 3.24 Å². The molecule has 0 saturated heterocycles. The molecule has 0 N–H and O–H groups in total. The highest BCUT2D eigenvalue weighted by molar-refractivity contribution is 5.36. The fraction of sp³-hybridized carbons (Fsp3) is 0.478. The van der Waals surface area contributed by atoms with Gasteiger partial charge in [-0.15, -0.1) is 0 Å². The molecule has 1 aliphatic heterocycles. The molecule has 1 nitrogen and oxygen atoms in total. The van der Waals surface area contributed by atoms with Crippen molar-refractivity contribution in [2.75, 3.05) is 13.1 Å². The number of rotatable bonds is 3.